The maximum Gasteiger partial charge on any atom is 0.0119 e. The molecular formula is C20H33N. The van der Waals surface area contributed by atoms with Crippen LogP contribution in [-0.2, 0) is 6.42 Å². The summed E-state index contributed by atoms with van der Waals surface area (Å²) in [6.45, 7) is 10.5. The normalized spacial score (nSPS) is 17.5. The highest BCUT2D eigenvalue weighted by Gasteiger charge is 2.25. The molecule has 1 fully saturated rings. The van der Waals surface area contributed by atoms with Crippen LogP contribution in [0.25, 0.3) is 0 Å². The summed E-state index contributed by atoms with van der Waals surface area (Å²) in [5.41, 5.74) is 3.56. The first kappa shape index (κ1) is 16.5. The van der Waals surface area contributed by atoms with Crippen molar-refractivity contribution in [1.82, 2.24) is 5.32 Å². The number of benzene rings is 1. The first-order valence-corrected chi connectivity index (χ1v) is 8.83. The van der Waals surface area contributed by atoms with Gasteiger partial charge < -0.3 is 5.32 Å². The van der Waals surface area contributed by atoms with E-state index in [4.69, 9.17) is 0 Å². The number of hydrogen-bond donors (Lipinski definition) is 1. The molecule has 0 aliphatic heterocycles. The van der Waals surface area contributed by atoms with Crippen molar-refractivity contribution in [3.05, 3.63) is 35.4 Å². The lowest BCUT2D eigenvalue weighted by atomic mass is 9.76. The lowest BCUT2D eigenvalue weighted by Crippen LogP contribution is -2.41. The summed E-state index contributed by atoms with van der Waals surface area (Å²) in [4.78, 5) is 0. The van der Waals surface area contributed by atoms with Gasteiger partial charge in [0.1, 0.15) is 0 Å². The summed E-state index contributed by atoms with van der Waals surface area (Å²) >= 11 is 0. The first-order valence-electron chi connectivity index (χ1n) is 8.83. The van der Waals surface area contributed by atoms with E-state index in [1.165, 1.54) is 38.5 Å². The maximum absolute atomic E-state index is 3.76. The van der Waals surface area contributed by atoms with Gasteiger partial charge in [-0.1, -0.05) is 58.4 Å². The summed E-state index contributed by atoms with van der Waals surface area (Å²) < 4.78 is 0. The first-order chi connectivity index (χ1) is 10.0. The number of rotatable bonds is 7. The third-order valence-corrected chi connectivity index (χ3v) is 4.99. The van der Waals surface area contributed by atoms with Gasteiger partial charge in [-0.05, 0) is 61.1 Å². The molecule has 0 saturated heterocycles. The van der Waals surface area contributed by atoms with E-state index in [1.807, 2.05) is 0 Å². The standard InChI is InChI=1S/C20H33N/c1-5-15-21-19(20(2,3)4)14-13-17-9-6-7-12-18(17)16-10-8-11-16/h6-7,9,12,16,19,21H,5,8,10-11,13-15H2,1-4H3. The Morgan fingerprint density at radius 1 is 1.19 bits per heavy atom. The van der Waals surface area contributed by atoms with Crippen molar-refractivity contribution in [1.29, 1.82) is 0 Å². The second kappa shape index (κ2) is 7.45. The largest absolute Gasteiger partial charge is 0.313 e. The summed E-state index contributed by atoms with van der Waals surface area (Å²) in [7, 11) is 0. The van der Waals surface area contributed by atoms with E-state index in [-0.39, 0.29) is 0 Å². The molecule has 1 nitrogen and oxygen atoms in total. The van der Waals surface area contributed by atoms with Gasteiger partial charge in [0.05, 0.1) is 0 Å². The smallest absolute Gasteiger partial charge is 0.0119 e. The van der Waals surface area contributed by atoms with Gasteiger partial charge >= 0.3 is 0 Å². The van der Waals surface area contributed by atoms with Gasteiger partial charge in [-0.25, -0.2) is 0 Å². The van der Waals surface area contributed by atoms with Crippen LogP contribution < -0.4 is 5.32 Å². The molecule has 0 aromatic heterocycles. The average Bonchev–Trinajstić information content (AvgIpc) is 2.37. The molecule has 21 heavy (non-hydrogen) atoms. The van der Waals surface area contributed by atoms with Crippen LogP contribution in [0.4, 0.5) is 0 Å². The highest BCUT2D eigenvalue weighted by Crippen LogP contribution is 2.38. The molecule has 1 aromatic carbocycles. The quantitative estimate of drug-likeness (QED) is 0.717. The fourth-order valence-electron chi connectivity index (χ4n) is 3.34. The van der Waals surface area contributed by atoms with Crippen molar-refractivity contribution in [3.8, 4) is 0 Å². The Balaban J connectivity index is 2.00. The van der Waals surface area contributed by atoms with Gasteiger partial charge in [-0.15, -0.1) is 0 Å². The molecule has 0 bridgehead atoms. The molecule has 0 heterocycles. The Kier molecular flexibility index (Phi) is 5.87. The van der Waals surface area contributed by atoms with Crippen LogP contribution in [0.2, 0.25) is 0 Å². The zero-order chi connectivity index (χ0) is 15.3. The highest BCUT2D eigenvalue weighted by molar-refractivity contribution is 5.31. The van der Waals surface area contributed by atoms with Crippen molar-refractivity contribution in [2.75, 3.05) is 6.54 Å². The van der Waals surface area contributed by atoms with Crippen LogP contribution in [0, 0.1) is 5.41 Å². The maximum atomic E-state index is 3.76. The lowest BCUT2D eigenvalue weighted by Gasteiger charge is -2.33. The van der Waals surface area contributed by atoms with Crippen LogP contribution in [-0.4, -0.2) is 12.6 Å². The Hall–Kier alpha value is -0.820. The fraction of sp³-hybridized carbons (Fsp3) is 0.700. The molecule has 1 N–H and O–H groups in total. The van der Waals surface area contributed by atoms with E-state index < -0.39 is 0 Å². The summed E-state index contributed by atoms with van der Waals surface area (Å²) in [5, 5.41) is 3.76. The second-order valence-corrected chi connectivity index (χ2v) is 7.74. The van der Waals surface area contributed by atoms with Gasteiger partial charge in [0.25, 0.3) is 0 Å². The van der Waals surface area contributed by atoms with Crippen LogP contribution in [0.15, 0.2) is 24.3 Å². The van der Waals surface area contributed by atoms with E-state index in [0.717, 1.165) is 12.5 Å². The zero-order valence-corrected chi connectivity index (χ0v) is 14.4. The van der Waals surface area contributed by atoms with Crippen molar-refractivity contribution < 1.29 is 0 Å². The van der Waals surface area contributed by atoms with Crippen LogP contribution in [0.1, 0.15) is 76.8 Å². The zero-order valence-electron chi connectivity index (χ0n) is 14.4. The lowest BCUT2D eigenvalue weighted by molar-refractivity contribution is 0.255. The molecule has 1 heteroatoms. The third kappa shape index (κ3) is 4.57. The van der Waals surface area contributed by atoms with E-state index in [0.29, 0.717) is 11.5 Å². The molecular weight excluding hydrogens is 254 g/mol. The summed E-state index contributed by atoms with van der Waals surface area (Å²) in [6, 6.07) is 9.75. The van der Waals surface area contributed by atoms with Gasteiger partial charge in [0.15, 0.2) is 0 Å². The fourth-order valence-corrected chi connectivity index (χ4v) is 3.34. The third-order valence-electron chi connectivity index (χ3n) is 4.99. The molecule has 1 saturated carbocycles. The Morgan fingerprint density at radius 2 is 1.90 bits per heavy atom. The van der Waals surface area contributed by atoms with Crippen LogP contribution in [0.5, 0.6) is 0 Å². The molecule has 0 radical (unpaired) electrons. The van der Waals surface area contributed by atoms with Gasteiger partial charge in [-0.2, -0.15) is 0 Å². The molecule has 0 amide bonds. The molecule has 2 rings (SSSR count). The Labute approximate surface area is 131 Å². The minimum atomic E-state index is 0.334. The Bertz CT molecular complexity index is 426. The van der Waals surface area contributed by atoms with Crippen LogP contribution in [0.3, 0.4) is 0 Å². The van der Waals surface area contributed by atoms with Gasteiger partial charge in [-0.3, -0.25) is 0 Å². The summed E-state index contributed by atoms with van der Waals surface area (Å²) in [6.07, 6.45) is 7.88. The monoisotopic (exact) mass is 287 g/mol. The predicted molar refractivity (Wildman–Crippen MR) is 92.9 cm³/mol. The minimum absolute atomic E-state index is 0.334. The number of nitrogens with one attached hydrogen (secondary N) is 1. The van der Waals surface area contributed by atoms with E-state index >= 15 is 0 Å². The van der Waals surface area contributed by atoms with Crippen molar-refractivity contribution in [3.63, 3.8) is 0 Å². The predicted octanol–water partition coefficient (Wildman–Crippen LogP) is 5.30. The second-order valence-electron chi connectivity index (χ2n) is 7.74. The van der Waals surface area contributed by atoms with Gasteiger partial charge in [0, 0.05) is 6.04 Å². The Morgan fingerprint density at radius 3 is 2.48 bits per heavy atom. The molecule has 118 valence electrons. The molecule has 1 aliphatic carbocycles. The SMILES string of the molecule is CCCNC(CCc1ccccc1C1CCC1)C(C)(C)C. The molecule has 1 unspecified atom stereocenters. The summed E-state index contributed by atoms with van der Waals surface area (Å²) in [5.74, 6) is 0.845. The molecule has 1 atom stereocenters. The van der Waals surface area contributed by atoms with E-state index in [1.54, 1.807) is 11.1 Å². The molecule has 1 aliphatic rings. The van der Waals surface area contributed by atoms with Crippen molar-refractivity contribution >= 4 is 0 Å². The number of aryl methyl sites for hydroxylation is 1. The molecule has 1 aromatic rings. The highest BCUT2D eigenvalue weighted by atomic mass is 14.9. The minimum Gasteiger partial charge on any atom is -0.313 e. The van der Waals surface area contributed by atoms with Crippen molar-refractivity contribution in [2.24, 2.45) is 5.41 Å². The van der Waals surface area contributed by atoms with Gasteiger partial charge in [0.2, 0.25) is 0 Å². The average molecular weight is 287 g/mol. The number of hydrogen-bond acceptors (Lipinski definition) is 1. The van der Waals surface area contributed by atoms with E-state index in [9.17, 15) is 0 Å². The molecule has 0 spiro atoms. The van der Waals surface area contributed by atoms with E-state index in [2.05, 4.69) is 57.3 Å². The van der Waals surface area contributed by atoms with Crippen molar-refractivity contribution in [2.45, 2.75) is 78.2 Å². The topological polar surface area (TPSA) is 12.0 Å². The van der Waals surface area contributed by atoms with Crippen LogP contribution >= 0.6 is 0 Å².